The minimum absolute atomic E-state index is 0.0230. The molecule has 30 heavy (non-hydrogen) atoms. The summed E-state index contributed by atoms with van der Waals surface area (Å²) in [5, 5.41) is 2.47. The Hall–Kier alpha value is -3.49. The van der Waals surface area contributed by atoms with Crippen LogP contribution in [0.4, 0.5) is 0 Å². The highest BCUT2D eigenvalue weighted by Crippen LogP contribution is 2.24. The third kappa shape index (κ3) is 5.11. The number of fused-ring (bicyclic) bond motifs is 1. The molecule has 0 radical (unpaired) electrons. The van der Waals surface area contributed by atoms with Gasteiger partial charge in [0.15, 0.2) is 6.61 Å². The van der Waals surface area contributed by atoms with Crippen LogP contribution >= 0.6 is 0 Å². The van der Waals surface area contributed by atoms with Crippen molar-refractivity contribution < 1.29 is 33.4 Å². The molecule has 1 aromatic rings. The lowest BCUT2D eigenvalue weighted by molar-refractivity contribution is -0.145. The number of carbonyl (C=O) groups is 5. The Kier molecular flexibility index (Phi) is 7.46. The molecule has 9 heteroatoms. The van der Waals surface area contributed by atoms with Crippen LogP contribution < -0.4 is 5.32 Å². The van der Waals surface area contributed by atoms with E-state index in [0.717, 1.165) is 4.90 Å². The fourth-order valence-corrected chi connectivity index (χ4v) is 2.99. The van der Waals surface area contributed by atoms with Crippen molar-refractivity contribution in [2.75, 3.05) is 20.3 Å². The second-order valence-corrected chi connectivity index (χ2v) is 7.12. The van der Waals surface area contributed by atoms with Crippen molar-refractivity contribution in [2.24, 2.45) is 5.92 Å². The quantitative estimate of drug-likeness (QED) is 0.366. The van der Waals surface area contributed by atoms with E-state index in [4.69, 9.17) is 4.74 Å². The largest absolute Gasteiger partial charge is 0.467 e. The highest BCUT2D eigenvalue weighted by molar-refractivity contribution is 6.22. The molecule has 0 spiro atoms. The normalized spacial score (nSPS) is 13.7. The smallest absolute Gasteiger partial charge is 0.338 e. The molecule has 2 rings (SSSR count). The van der Waals surface area contributed by atoms with Crippen LogP contribution in [-0.4, -0.2) is 60.9 Å². The Balaban J connectivity index is 2.01. The van der Waals surface area contributed by atoms with Gasteiger partial charge in [0, 0.05) is 6.54 Å². The Morgan fingerprint density at radius 2 is 1.83 bits per heavy atom. The van der Waals surface area contributed by atoms with E-state index in [1.165, 1.54) is 31.4 Å². The summed E-state index contributed by atoms with van der Waals surface area (Å²) in [5.41, 5.74) is 0.295. The number of rotatable bonds is 9. The highest BCUT2D eigenvalue weighted by Gasteiger charge is 2.35. The maximum absolute atomic E-state index is 12.3. The Morgan fingerprint density at radius 1 is 1.17 bits per heavy atom. The number of nitrogens with one attached hydrogen (secondary N) is 1. The summed E-state index contributed by atoms with van der Waals surface area (Å²) < 4.78 is 9.64. The Labute approximate surface area is 174 Å². The maximum atomic E-state index is 12.3. The molecule has 1 aromatic carbocycles. The molecule has 1 aliphatic rings. The topological polar surface area (TPSA) is 119 Å². The first kappa shape index (κ1) is 22.8. The zero-order valence-electron chi connectivity index (χ0n) is 17.1. The third-order valence-corrected chi connectivity index (χ3v) is 4.38. The van der Waals surface area contributed by atoms with Gasteiger partial charge in [-0.25, -0.2) is 9.59 Å². The lowest BCUT2D eigenvalue weighted by Gasteiger charge is -2.18. The number of methoxy groups -OCH3 is 1. The summed E-state index contributed by atoms with van der Waals surface area (Å²) in [4.78, 5) is 61.7. The van der Waals surface area contributed by atoms with E-state index in [-0.39, 0.29) is 29.2 Å². The molecule has 0 fully saturated rings. The molecule has 0 bridgehead atoms. The monoisotopic (exact) mass is 416 g/mol. The van der Waals surface area contributed by atoms with Crippen LogP contribution in [0, 0.1) is 5.92 Å². The summed E-state index contributed by atoms with van der Waals surface area (Å²) in [6.07, 6.45) is 1.80. The van der Waals surface area contributed by atoms with Gasteiger partial charge < -0.3 is 14.8 Å². The Morgan fingerprint density at radius 3 is 2.43 bits per heavy atom. The van der Waals surface area contributed by atoms with Crippen LogP contribution in [0.5, 0.6) is 0 Å². The predicted octanol–water partition coefficient (Wildman–Crippen LogP) is 1.33. The zero-order valence-corrected chi connectivity index (χ0v) is 17.1. The van der Waals surface area contributed by atoms with Gasteiger partial charge in [0.25, 0.3) is 17.7 Å². The molecule has 0 unspecified atom stereocenters. The first-order chi connectivity index (χ1) is 14.2. The number of amides is 3. The maximum Gasteiger partial charge on any atom is 0.338 e. The van der Waals surface area contributed by atoms with Gasteiger partial charge in [-0.1, -0.05) is 19.9 Å². The number of carbonyl (C=O) groups excluding carboxylic acids is 5. The highest BCUT2D eigenvalue weighted by atomic mass is 16.5. The number of benzene rings is 1. The number of hydrogen-bond donors (Lipinski definition) is 1. The lowest BCUT2D eigenvalue weighted by atomic mass is 10.0. The second-order valence-electron chi connectivity index (χ2n) is 7.12. The molecule has 0 saturated heterocycles. The number of ether oxygens (including phenoxy) is 2. The summed E-state index contributed by atoms with van der Waals surface area (Å²) in [6.45, 7) is 6.73. The van der Waals surface area contributed by atoms with Crippen molar-refractivity contribution in [3.63, 3.8) is 0 Å². The van der Waals surface area contributed by atoms with Crippen molar-refractivity contribution in [3.05, 3.63) is 47.5 Å². The van der Waals surface area contributed by atoms with Gasteiger partial charge in [-0.15, -0.1) is 6.58 Å². The van der Waals surface area contributed by atoms with Crippen molar-refractivity contribution in [3.8, 4) is 0 Å². The predicted molar refractivity (Wildman–Crippen MR) is 106 cm³/mol. The molecular weight excluding hydrogens is 392 g/mol. The minimum Gasteiger partial charge on any atom is -0.467 e. The molecule has 9 nitrogen and oxygen atoms in total. The van der Waals surface area contributed by atoms with Crippen LogP contribution in [0.2, 0.25) is 0 Å². The van der Waals surface area contributed by atoms with Crippen LogP contribution in [0.3, 0.4) is 0 Å². The SMILES string of the molecule is C=CCN1C(=O)c2ccc(C(=O)OCC(=O)N[C@@H](CC(C)C)C(=O)OC)cc2C1=O. The van der Waals surface area contributed by atoms with E-state index in [0.29, 0.717) is 6.42 Å². The summed E-state index contributed by atoms with van der Waals surface area (Å²) >= 11 is 0. The standard InChI is InChI=1S/C21H24N2O7/c1-5-8-23-18(25)14-7-6-13(10-15(14)19(23)26)20(27)30-11-17(24)22-16(9-12(2)3)21(28)29-4/h5-7,10,12,16H,1,8-9,11H2,2-4H3,(H,22,24)/t16-/m0/s1. The van der Waals surface area contributed by atoms with Crippen LogP contribution in [0.1, 0.15) is 51.3 Å². The molecule has 3 amide bonds. The van der Waals surface area contributed by atoms with Gasteiger partial charge in [0.1, 0.15) is 6.04 Å². The molecule has 0 saturated carbocycles. The van der Waals surface area contributed by atoms with Gasteiger partial charge in [-0.2, -0.15) is 0 Å². The summed E-state index contributed by atoms with van der Waals surface area (Å²) in [7, 11) is 1.22. The van der Waals surface area contributed by atoms with Crippen LogP contribution in [0.25, 0.3) is 0 Å². The first-order valence-electron chi connectivity index (χ1n) is 9.35. The van der Waals surface area contributed by atoms with Crippen molar-refractivity contribution in [1.82, 2.24) is 10.2 Å². The van der Waals surface area contributed by atoms with E-state index < -0.39 is 42.3 Å². The molecule has 1 atom stereocenters. The molecule has 0 aromatic heterocycles. The molecular formula is C21H24N2O7. The molecule has 0 aliphatic carbocycles. The average Bonchev–Trinajstić information content (AvgIpc) is 2.95. The number of hydrogen-bond acceptors (Lipinski definition) is 7. The second kappa shape index (κ2) is 9.82. The first-order valence-corrected chi connectivity index (χ1v) is 9.35. The lowest BCUT2D eigenvalue weighted by Crippen LogP contribution is -2.44. The van der Waals surface area contributed by atoms with Gasteiger partial charge in [-0.05, 0) is 30.5 Å². The van der Waals surface area contributed by atoms with Gasteiger partial charge >= 0.3 is 11.9 Å². The van der Waals surface area contributed by atoms with Gasteiger partial charge in [0.05, 0.1) is 23.8 Å². The van der Waals surface area contributed by atoms with Crippen LogP contribution in [0.15, 0.2) is 30.9 Å². The number of imide groups is 1. The van der Waals surface area contributed by atoms with Crippen molar-refractivity contribution in [2.45, 2.75) is 26.3 Å². The number of nitrogens with zero attached hydrogens (tertiary/aromatic N) is 1. The zero-order chi connectivity index (χ0) is 22.4. The molecule has 1 heterocycles. The van der Waals surface area contributed by atoms with E-state index in [2.05, 4.69) is 16.6 Å². The third-order valence-electron chi connectivity index (χ3n) is 4.38. The van der Waals surface area contributed by atoms with E-state index in [9.17, 15) is 24.0 Å². The van der Waals surface area contributed by atoms with E-state index in [1.54, 1.807) is 0 Å². The molecule has 160 valence electrons. The summed E-state index contributed by atoms with van der Waals surface area (Å²) in [5.74, 6) is -2.96. The summed E-state index contributed by atoms with van der Waals surface area (Å²) in [6, 6.07) is 3.12. The van der Waals surface area contributed by atoms with Gasteiger partial charge in [-0.3, -0.25) is 19.3 Å². The van der Waals surface area contributed by atoms with Crippen molar-refractivity contribution in [1.29, 1.82) is 0 Å². The van der Waals surface area contributed by atoms with E-state index >= 15 is 0 Å². The minimum atomic E-state index is -0.847. The average molecular weight is 416 g/mol. The van der Waals surface area contributed by atoms with Gasteiger partial charge in [0.2, 0.25) is 0 Å². The fraction of sp³-hybridized carbons (Fsp3) is 0.381. The number of esters is 2. The van der Waals surface area contributed by atoms with E-state index in [1.807, 2.05) is 13.8 Å². The van der Waals surface area contributed by atoms with Crippen LogP contribution in [-0.2, 0) is 19.1 Å². The Bertz CT molecular complexity index is 891. The fourth-order valence-electron chi connectivity index (χ4n) is 2.99. The van der Waals surface area contributed by atoms with Crippen molar-refractivity contribution >= 4 is 29.7 Å². The molecule has 1 aliphatic heterocycles. The molecule has 1 N–H and O–H groups in total.